The highest BCUT2D eigenvalue weighted by atomic mass is 79.9. The van der Waals surface area contributed by atoms with E-state index in [0.29, 0.717) is 31.2 Å². The summed E-state index contributed by atoms with van der Waals surface area (Å²) in [5, 5.41) is 4.08. The average Bonchev–Trinajstić information content (AvgIpc) is 3.26. The van der Waals surface area contributed by atoms with Gasteiger partial charge in [0, 0.05) is 41.4 Å². The maximum absolute atomic E-state index is 12.7. The first-order valence-electron chi connectivity index (χ1n) is 9.63. The fourth-order valence-electron chi connectivity index (χ4n) is 3.56. The Morgan fingerprint density at radius 1 is 1.13 bits per heavy atom. The highest BCUT2D eigenvalue weighted by Gasteiger charge is 2.29. The summed E-state index contributed by atoms with van der Waals surface area (Å²) in [6, 6.07) is 11.1. The van der Waals surface area contributed by atoms with E-state index in [1.807, 2.05) is 41.3 Å². The van der Waals surface area contributed by atoms with Gasteiger partial charge in [0.1, 0.15) is 0 Å². The second-order valence-electron chi connectivity index (χ2n) is 7.23. The van der Waals surface area contributed by atoms with Crippen LogP contribution in [-0.4, -0.2) is 45.1 Å². The van der Waals surface area contributed by atoms with Crippen LogP contribution < -0.4 is 5.73 Å². The Labute approximate surface area is 201 Å². The van der Waals surface area contributed by atoms with Crippen molar-refractivity contribution >= 4 is 46.7 Å². The lowest BCUT2D eigenvalue weighted by molar-refractivity contribution is -0.133. The van der Waals surface area contributed by atoms with Gasteiger partial charge in [-0.3, -0.25) is 9.78 Å². The Kier molecular flexibility index (Phi) is 9.43. The fraction of sp³-hybridized carbons (Fsp3) is 0.333. The lowest BCUT2D eigenvalue weighted by atomic mass is 9.95. The smallest absolute Gasteiger partial charge is 0.239 e. The maximum Gasteiger partial charge on any atom is 0.239 e. The highest BCUT2D eigenvalue weighted by molar-refractivity contribution is 9.10. The number of amides is 1. The van der Waals surface area contributed by atoms with Crippen LogP contribution in [0.5, 0.6) is 0 Å². The number of hydrogen-bond donors (Lipinski definition) is 1. The van der Waals surface area contributed by atoms with Crippen molar-refractivity contribution in [1.29, 1.82) is 0 Å². The largest absolute Gasteiger partial charge is 0.341 e. The van der Waals surface area contributed by atoms with Crippen molar-refractivity contribution in [1.82, 2.24) is 20.0 Å². The molecule has 1 aliphatic heterocycles. The molecule has 1 fully saturated rings. The molecule has 1 amide bonds. The highest BCUT2D eigenvalue weighted by Crippen LogP contribution is 2.28. The zero-order chi connectivity index (χ0) is 20.2. The van der Waals surface area contributed by atoms with Gasteiger partial charge in [-0.2, -0.15) is 4.98 Å². The summed E-state index contributed by atoms with van der Waals surface area (Å²) in [7, 11) is 0. The molecule has 10 heteroatoms. The number of hydrogen-bond acceptors (Lipinski definition) is 6. The molecule has 0 spiro atoms. The Morgan fingerprint density at radius 2 is 1.77 bits per heavy atom. The van der Waals surface area contributed by atoms with Crippen molar-refractivity contribution < 1.29 is 9.32 Å². The summed E-state index contributed by atoms with van der Waals surface area (Å²) in [6.45, 7) is 1.29. The number of carbonyl (C=O) groups is 1. The van der Waals surface area contributed by atoms with Gasteiger partial charge in [0.25, 0.3) is 0 Å². The third-order valence-electron chi connectivity index (χ3n) is 5.22. The van der Waals surface area contributed by atoms with Crippen molar-refractivity contribution in [3.8, 4) is 11.4 Å². The number of aromatic nitrogens is 3. The molecule has 1 atom stereocenters. The summed E-state index contributed by atoms with van der Waals surface area (Å²) >= 11 is 3.42. The summed E-state index contributed by atoms with van der Waals surface area (Å²) in [6.07, 6.45) is 5.51. The molecular weight excluding hydrogens is 505 g/mol. The standard InChI is InChI=1S/C21H22BrN5O2.2ClH/c22-17-3-1-14(2-4-17)13-18(23)21(28)27-11-7-16(8-12-27)20-25-19(26-29-20)15-5-9-24-10-6-15;;/h1-6,9-10,16,18H,7-8,11-13,23H2;2*1H/t18-;;/m0../s1. The number of carbonyl (C=O) groups excluding carboxylic acids is 1. The summed E-state index contributed by atoms with van der Waals surface area (Å²) in [5.74, 6) is 1.35. The maximum atomic E-state index is 12.7. The number of benzene rings is 1. The van der Waals surface area contributed by atoms with Crippen LogP contribution in [0.15, 0.2) is 57.8 Å². The van der Waals surface area contributed by atoms with Gasteiger partial charge in [0.05, 0.1) is 6.04 Å². The van der Waals surface area contributed by atoms with Crippen molar-refractivity contribution in [3.63, 3.8) is 0 Å². The first kappa shape index (κ1) is 25.3. The van der Waals surface area contributed by atoms with Gasteiger partial charge in [-0.15, -0.1) is 24.8 Å². The van der Waals surface area contributed by atoms with Crippen LogP contribution in [0.4, 0.5) is 0 Å². The molecule has 1 aliphatic rings. The number of likely N-dealkylation sites (tertiary alicyclic amines) is 1. The van der Waals surface area contributed by atoms with Crippen molar-refractivity contribution in [2.24, 2.45) is 5.73 Å². The Hall–Kier alpha value is -2.00. The minimum atomic E-state index is -0.533. The molecule has 4 rings (SSSR count). The Balaban J connectivity index is 0.00000171. The van der Waals surface area contributed by atoms with E-state index >= 15 is 0 Å². The van der Waals surface area contributed by atoms with E-state index in [-0.39, 0.29) is 36.6 Å². The third-order valence-corrected chi connectivity index (χ3v) is 5.75. The normalized spacial score (nSPS) is 15.0. The van der Waals surface area contributed by atoms with Gasteiger partial charge in [-0.05, 0) is 49.1 Å². The predicted molar refractivity (Wildman–Crippen MR) is 126 cm³/mol. The number of nitrogens with two attached hydrogens (primary N) is 1. The third kappa shape index (κ3) is 6.26. The van der Waals surface area contributed by atoms with Gasteiger partial charge in [0.2, 0.25) is 17.6 Å². The molecule has 1 saturated heterocycles. The Morgan fingerprint density at radius 3 is 2.42 bits per heavy atom. The lowest BCUT2D eigenvalue weighted by Crippen LogP contribution is -2.47. The average molecular weight is 529 g/mol. The molecule has 3 heterocycles. The second-order valence-corrected chi connectivity index (χ2v) is 8.14. The molecule has 7 nitrogen and oxygen atoms in total. The molecule has 0 saturated carbocycles. The fourth-order valence-corrected chi connectivity index (χ4v) is 3.83. The molecular formula is C21H24BrCl2N5O2. The Bertz CT molecular complexity index is 963. The van der Waals surface area contributed by atoms with Crippen molar-refractivity contribution in [2.75, 3.05) is 13.1 Å². The minimum Gasteiger partial charge on any atom is -0.341 e. The molecule has 0 radical (unpaired) electrons. The van der Waals surface area contributed by atoms with Crippen LogP contribution in [0.1, 0.15) is 30.2 Å². The van der Waals surface area contributed by atoms with E-state index in [9.17, 15) is 4.79 Å². The molecule has 0 bridgehead atoms. The van der Waals surface area contributed by atoms with E-state index in [1.54, 1.807) is 12.4 Å². The zero-order valence-electron chi connectivity index (χ0n) is 16.7. The summed E-state index contributed by atoms with van der Waals surface area (Å²) in [4.78, 5) is 23.1. The van der Waals surface area contributed by atoms with E-state index in [4.69, 9.17) is 10.3 Å². The van der Waals surface area contributed by atoms with E-state index in [1.165, 1.54) is 0 Å². The van der Waals surface area contributed by atoms with Crippen molar-refractivity contribution in [3.05, 3.63) is 64.7 Å². The van der Waals surface area contributed by atoms with Gasteiger partial charge in [-0.25, -0.2) is 0 Å². The molecule has 2 aromatic heterocycles. The molecule has 0 aliphatic carbocycles. The van der Waals surface area contributed by atoms with E-state index < -0.39 is 6.04 Å². The first-order chi connectivity index (χ1) is 14.1. The molecule has 0 unspecified atom stereocenters. The topological polar surface area (TPSA) is 98.1 Å². The van der Waals surface area contributed by atoms with Gasteiger partial charge in [0.15, 0.2) is 0 Å². The molecule has 3 aromatic rings. The van der Waals surface area contributed by atoms with Crippen LogP contribution in [0, 0.1) is 0 Å². The number of halogens is 3. The SMILES string of the molecule is Cl.Cl.N[C@@H](Cc1ccc(Br)cc1)C(=O)N1CCC(c2nc(-c3ccncc3)no2)CC1. The van der Waals surface area contributed by atoms with Crippen LogP contribution in [0.25, 0.3) is 11.4 Å². The second kappa shape index (κ2) is 11.6. The number of pyridine rings is 1. The van der Waals surface area contributed by atoms with E-state index in [2.05, 4.69) is 31.1 Å². The van der Waals surface area contributed by atoms with Crippen LogP contribution in [-0.2, 0) is 11.2 Å². The monoisotopic (exact) mass is 527 g/mol. The molecule has 31 heavy (non-hydrogen) atoms. The number of rotatable bonds is 5. The quantitative estimate of drug-likeness (QED) is 0.537. The molecule has 2 N–H and O–H groups in total. The van der Waals surface area contributed by atoms with Crippen molar-refractivity contribution in [2.45, 2.75) is 31.2 Å². The molecule has 1 aromatic carbocycles. The van der Waals surface area contributed by atoms with E-state index in [0.717, 1.165) is 28.4 Å². The lowest BCUT2D eigenvalue weighted by Gasteiger charge is -2.32. The molecule has 166 valence electrons. The number of nitrogens with zero attached hydrogens (tertiary/aromatic N) is 4. The van der Waals surface area contributed by atoms with Gasteiger partial charge < -0.3 is 15.2 Å². The van der Waals surface area contributed by atoms with Crippen LogP contribution >= 0.6 is 40.7 Å². The van der Waals surface area contributed by atoms with Gasteiger partial charge >= 0.3 is 0 Å². The minimum absolute atomic E-state index is 0. The van der Waals surface area contributed by atoms with Crippen LogP contribution in [0.3, 0.4) is 0 Å². The first-order valence-corrected chi connectivity index (χ1v) is 10.4. The summed E-state index contributed by atoms with van der Waals surface area (Å²) in [5.41, 5.74) is 8.11. The zero-order valence-corrected chi connectivity index (χ0v) is 19.9. The van der Waals surface area contributed by atoms with Crippen LogP contribution in [0.2, 0.25) is 0 Å². The number of piperidine rings is 1. The predicted octanol–water partition coefficient (Wildman–Crippen LogP) is 4.01. The van der Waals surface area contributed by atoms with Gasteiger partial charge in [-0.1, -0.05) is 33.2 Å². The summed E-state index contributed by atoms with van der Waals surface area (Å²) < 4.78 is 6.49.